The first-order valence-electron chi connectivity index (χ1n) is 36.3. The summed E-state index contributed by atoms with van der Waals surface area (Å²) in [6.07, 6.45) is 89.5. The second kappa shape index (κ2) is 69.6. The molecule has 2 atom stereocenters. The van der Waals surface area contributed by atoms with Crippen molar-refractivity contribution in [3.8, 4) is 0 Å². The Hall–Kier alpha value is -1.92. The zero-order valence-electron chi connectivity index (χ0n) is 54.1. The number of esters is 1. The lowest BCUT2D eigenvalue weighted by Gasteiger charge is -2.20. The third-order valence-electron chi connectivity index (χ3n) is 16.9. The number of aliphatic hydroxyl groups is 2. The average molecular weight is 1120 g/mol. The van der Waals surface area contributed by atoms with Crippen LogP contribution in [0.2, 0.25) is 0 Å². The monoisotopic (exact) mass is 1120 g/mol. The van der Waals surface area contributed by atoms with Gasteiger partial charge in [0.2, 0.25) is 5.91 Å². The molecular formula is C74H141NO5. The van der Waals surface area contributed by atoms with Gasteiger partial charge in [-0.25, -0.2) is 0 Å². The van der Waals surface area contributed by atoms with Gasteiger partial charge in [0.1, 0.15) is 0 Å². The molecule has 2 unspecified atom stereocenters. The van der Waals surface area contributed by atoms with Gasteiger partial charge in [-0.05, 0) is 64.2 Å². The van der Waals surface area contributed by atoms with Crippen molar-refractivity contribution >= 4 is 11.9 Å². The minimum Gasteiger partial charge on any atom is -0.466 e. The van der Waals surface area contributed by atoms with Gasteiger partial charge in [0, 0.05) is 12.8 Å². The number of allylic oxidation sites excluding steroid dienone is 5. The Morgan fingerprint density at radius 2 is 0.625 bits per heavy atom. The van der Waals surface area contributed by atoms with Crippen LogP contribution in [0.15, 0.2) is 36.5 Å². The Morgan fingerprint density at radius 3 is 0.963 bits per heavy atom. The van der Waals surface area contributed by atoms with Crippen molar-refractivity contribution in [1.82, 2.24) is 5.32 Å². The fourth-order valence-corrected chi connectivity index (χ4v) is 11.4. The van der Waals surface area contributed by atoms with E-state index in [9.17, 15) is 19.8 Å². The molecule has 0 rings (SSSR count). The summed E-state index contributed by atoms with van der Waals surface area (Å²) in [6, 6.07) is -0.625. The lowest BCUT2D eigenvalue weighted by atomic mass is 10.0. The second-order valence-corrected chi connectivity index (χ2v) is 24.9. The zero-order valence-corrected chi connectivity index (χ0v) is 54.1. The summed E-state index contributed by atoms with van der Waals surface area (Å²) in [6.45, 7) is 4.92. The van der Waals surface area contributed by atoms with Gasteiger partial charge in [-0.1, -0.05) is 359 Å². The molecule has 0 saturated carbocycles. The predicted octanol–water partition coefficient (Wildman–Crippen LogP) is 23.5. The number of rotatable bonds is 68. The van der Waals surface area contributed by atoms with E-state index in [0.717, 1.165) is 51.4 Å². The van der Waals surface area contributed by atoms with Crippen LogP contribution in [0.4, 0.5) is 0 Å². The highest BCUT2D eigenvalue weighted by molar-refractivity contribution is 5.76. The standard InChI is InChI=1S/C74H141NO5/c1-3-5-7-9-11-13-15-17-19-20-36-40-44-48-52-56-60-64-68-74(79)80-69-65-61-57-53-49-45-41-37-34-32-30-28-26-24-22-21-23-25-27-29-31-33-35-39-43-47-51-55-59-63-67-73(78)75-71(70-76)72(77)66-62-58-54-50-46-42-38-18-16-14-12-10-8-6-4-2/h13,15,19-20,62,66,71-72,76-77H,3-12,14,16-18,21-61,63-65,67-70H2,1-2H3,(H,75,78)/b15-13-,20-19-,66-62+. The van der Waals surface area contributed by atoms with E-state index in [-0.39, 0.29) is 18.5 Å². The third-order valence-corrected chi connectivity index (χ3v) is 16.9. The van der Waals surface area contributed by atoms with E-state index in [1.165, 1.54) is 321 Å². The molecule has 0 aromatic rings. The molecule has 0 aliphatic heterocycles. The Bertz CT molecular complexity index is 1300. The van der Waals surface area contributed by atoms with Gasteiger partial charge in [-0.15, -0.1) is 0 Å². The van der Waals surface area contributed by atoms with Crippen LogP contribution in [-0.2, 0) is 14.3 Å². The molecule has 3 N–H and O–H groups in total. The fraction of sp³-hybridized carbons (Fsp3) is 0.892. The summed E-state index contributed by atoms with van der Waals surface area (Å²) in [4.78, 5) is 24.6. The number of nitrogens with one attached hydrogen (secondary N) is 1. The molecule has 6 heteroatoms. The van der Waals surface area contributed by atoms with E-state index < -0.39 is 12.1 Å². The summed E-state index contributed by atoms with van der Waals surface area (Å²) in [5.41, 5.74) is 0. The van der Waals surface area contributed by atoms with Gasteiger partial charge in [0.15, 0.2) is 0 Å². The van der Waals surface area contributed by atoms with Crippen molar-refractivity contribution in [2.45, 2.75) is 411 Å². The summed E-state index contributed by atoms with van der Waals surface area (Å²) in [5.74, 6) is -0.0490. The largest absolute Gasteiger partial charge is 0.466 e. The molecule has 0 aliphatic carbocycles. The second-order valence-electron chi connectivity index (χ2n) is 24.9. The summed E-state index contributed by atoms with van der Waals surface area (Å²) in [5, 5.41) is 23.2. The lowest BCUT2D eigenvalue weighted by molar-refractivity contribution is -0.143. The van der Waals surface area contributed by atoms with Crippen LogP contribution in [-0.4, -0.2) is 47.4 Å². The maximum atomic E-state index is 12.5. The number of ether oxygens (including phenoxy) is 1. The van der Waals surface area contributed by atoms with Crippen LogP contribution in [0.1, 0.15) is 399 Å². The van der Waals surface area contributed by atoms with Crippen LogP contribution >= 0.6 is 0 Å². The van der Waals surface area contributed by atoms with E-state index >= 15 is 0 Å². The summed E-state index contributed by atoms with van der Waals surface area (Å²) < 4.78 is 5.51. The molecule has 0 aromatic heterocycles. The van der Waals surface area contributed by atoms with Gasteiger partial charge < -0.3 is 20.3 Å². The molecule has 0 bridgehead atoms. The smallest absolute Gasteiger partial charge is 0.305 e. The number of unbranched alkanes of at least 4 members (excludes halogenated alkanes) is 53. The molecule has 0 aliphatic rings. The topological polar surface area (TPSA) is 95.9 Å². The number of hydrogen-bond donors (Lipinski definition) is 3. The minimum atomic E-state index is -0.842. The van der Waals surface area contributed by atoms with Gasteiger partial charge in [-0.2, -0.15) is 0 Å². The molecule has 0 aromatic carbocycles. The Labute approximate surface area is 500 Å². The van der Waals surface area contributed by atoms with E-state index in [1.54, 1.807) is 6.08 Å². The lowest BCUT2D eigenvalue weighted by Crippen LogP contribution is -2.45. The molecule has 1 amide bonds. The molecule has 6 nitrogen and oxygen atoms in total. The van der Waals surface area contributed by atoms with Crippen LogP contribution in [0.5, 0.6) is 0 Å². The Kier molecular flexibility index (Phi) is 67.9. The first-order valence-corrected chi connectivity index (χ1v) is 36.3. The van der Waals surface area contributed by atoms with Crippen molar-refractivity contribution in [3.05, 3.63) is 36.5 Å². The number of carbonyl (C=O) groups excluding carboxylic acids is 2. The molecule has 472 valence electrons. The van der Waals surface area contributed by atoms with Crippen LogP contribution < -0.4 is 5.32 Å². The maximum absolute atomic E-state index is 12.5. The molecule has 0 fully saturated rings. The molecule has 0 heterocycles. The highest BCUT2D eigenvalue weighted by atomic mass is 16.5. The minimum absolute atomic E-state index is 0.0129. The zero-order chi connectivity index (χ0) is 57.8. The van der Waals surface area contributed by atoms with E-state index in [1.807, 2.05) is 6.08 Å². The van der Waals surface area contributed by atoms with Gasteiger partial charge >= 0.3 is 5.97 Å². The van der Waals surface area contributed by atoms with Crippen LogP contribution in [0.25, 0.3) is 0 Å². The first kappa shape index (κ1) is 78.1. The third kappa shape index (κ3) is 65.2. The molecule has 80 heavy (non-hydrogen) atoms. The van der Waals surface area contributed by atoms with Gasteiger partial charge in [-0.3, -0.25) is 9.59 Å². The highest BCUT2D eigenvalue weighted by Gasteiger charge is 2.18. The van der Waals surface area contributed by atoms with Crippen molar-refractivity contribution < 1.29 is 24.5 Å². The number of carbonyl (C=O) groups is 2. The first-order chi connectivity index (χ1) is 39.5. The van der Waals surface area contributed by atoms with Gasteiger partial charge in [0.05, 0.1) is 25.4 Å². The van der Waals surface area contributed by atoms with Gasteiger partial charge in [0.25, 0.3) is 0 Å². The SMILES string of the molecule is CCCCCC/C=C\C/C=C\CCCCCCCCCC(=O)OCCCCCCCCCCCCCCCCCCCCCCCCCCCCCCCCC(=O)NC(CO)C(O)/C=C/CCCCCCCCCCCCCCC. The molecule has 0 saturated heterocycles. The van der Waals surface area contributed by atoms with Crippen LogP contribution in [0, 0.1) is 0 Å². The molecule has 0 spiro atoms. The quantitative estimate of drug-likeness (QED) is 0.0320. The van der Waals surface area contributed by atoms with Crippen molar-refractivity contribution in [3.63, 3.8) is 0 Å². The van der Waals surface area contributed by atoms with Crippen molar-refractivity contribution in [2.75, 3.05) is 13.2 Å². The Balaban J connectivity index is 3.34. The van der Waals surface area contributed by atoms with E-state index in [4.69, 9.17) is 4.74 Å². The number of aliphatic hydroxyl groups excluding tert-OH is 2. The van der Waals surface area contributed by atoms with Crippen LogP contribution in [0.3, 0.4) is 0 Å². The number of hydrogen-bond acceptors (Lipinski definition) is 5. The highest BCUT2D eigenvalue weighted by Crippen LogP contribution is 2.19. The van der Waals surface area contributed by atoms with Crippen molar-refractivity contribution in [1.29, 1.82) is 0 Å². The fourth-order valence-electron chi connectivity index (χ4n) is 11.4. The summed E-state index contributed by atoms with van der Waals surface area (Å²) in [7, 11) is 0. The van der Waals surface area contributed by atoms with E-state index in [0.29, 0.717) is 19.4 Å². The summed E-state index contributed by atoms with van der Waals surface area (Å²) >= 11 is 0. The maximum Gasteiger partial charge on any atom is 0.305 e. The van der Waals surface area contributed by atoms with E-state index in [2.05, 4.69) is 43.5 Å². The molecule has 0 radical (unpaired) electrons. The average Bonchev–Trinajstić information content (AvgIpc) is 3.46. The Morgan fingerprint density at radius 1 is 0.350 bits per heavy atom. The van der Waals surface area contributed by atoms with Crippen molar-refractivity contribution in [2.24, 2.45) is 0 Å². The number of amides is 1. The normalized spacial score (nSPS) is 12.7. The molecular weight excluding hydrogens is 983 g/mol. The predicted molar refractivity (Wildman–Crippen MR) is 352 cm³/mol.